The standard InChI is InChI=1S/C8H7IO3/c1-12-7-3-2-5(8(10)11)4-6(7)9/h2-4H,1H3,(H,10,11)/p-1. The van der Waals surface area contributed by atoms with Crippen molar-refractivity contribution in [2.45, 2.75) is 0 Å². The zero-order valence-electron chi connectivity index (χ0n) is 6.33. The number of carbonyl (C=O) groups excluding carboxylic acids is 1. The van der Waals surface area contributed by atoms with E-state index in [9.17, 15) is 9.90 Å². The highest BCUT2D eigenvalue weighted by molar-refractivity contribution is 14.1. The fourth-order valence-corrected chi connectivity index (χ4v) is 1.53. The number of aromatic carboxylic acids is 1. The Morgan fingerprint density at radius 2 is 2.25 bits per heavy atom. The van der Waals surface area contributed by atoms with E-state index in [-0.39, 0.29) is 5.56 Å². The Morgan fingerprint density at radius 3 is 2.67 bits per heavy atom. The first kappa shape index (κ1) is 9.31. The van der Waals surface area contributed by atoms with E-state index in [0.29, 0.717) is 5.75 Å². The van der Waals surface area contributed by atoms with E-state index in [2.05, 4.69) is 0 Å². The van der Waals surface area contributed by atoms with Crippen LogP contribution in [0.1, 0.15) is 10.4 Å². The van der Waals surface area contributed by atoms with Crippen molar-refractivity contribution in [1.29, 1.82) is 0 Å². The van der Waals surface area contributed by atoms with Crippen LogP contribution in [0.5, 0.6) is 5.75 Å². The Morgan fingerprint density at radius 1 is 1.58 bits per heavy atom. The predicted molar refractivity (Wildman–Crippen MR) is 50.0 cm³/mol. The average Bonchev–Trinajstić information content (AvgIpc) is 2.04. The molecule has 0 radical (unpaired) electrons. The molecule has 0 atom stereocenters. The first-order valence-corrected chi connectivity index (χ1v) is 4.28. The lowest BCUT2D eigenvalue weighted by Gasteiger charge is -2.06. The lowest BCUT2D eigenvalue weighted by atomic mass is 10.2. The van der Waals surface area contributed by atoms with Gasteiger partial charge >= 0.3 is 0 Å². The van der Waals surface area contributed by atoms with Crippen LogP contribution in [-0.4, -0.2) is 13.1 Å². The summed E-state index contributed by atoms with van der Waals surface area (Å²) in [5.74, 6) is -0.504. The molecule has 4 heteroatoms. The number of hydrogen-bond donors (Lipinski definition) is 0. The van der Waals surface area contributed by atoms with Crippen molar-refractivity contribution >= 4 is 28.6 Å². The molecule has 0 heterocycles. The summed E-state index contributed by atoms with van der Waals surface area (Å²) in [5.41, 5.74) is 0.167. The summed E-state index contributed by atoms with van der Waals surface area (Å²) < 4.78 is 5.72. The molecule has 0 amide bonds. The van der Waals surface area contributed by atoms with Crippen LogP contribution in [0.2, 0.25) is 0 Å². The number of carbonyl (C=O) groups is 1. The molecule has 1 aromatic rings. The normalized spacial score (nSPS) is 9.50. The number of rotatable bonds is 2. The molecule has 0 spiro atoms. The van der Waals surface area contributed by atoms with Gasteiger partial charge < -0.3 is 14.6 Å². The van der Waals surface area contributed by atoms with Crippen LogP contribution in [0.3, 0.4) is 0 Å². The van der Waals surface area contributed by atoms with Gasteiger partial charge in [-0.05, 0) is 46.4 Å². The topological polar surface area (TPSA) is 49.4 Å². The molecule has 1 rings (SSSR count). The van der Waals surface area contributed by atoms with Gasteiger partial charge in [0.15, 0.2) is 0 Å². The molecule has 0 bridgehead atoms. The maximum atomic E-state index is 10.4. The van der Waals surface area contributed by atoms with Gasteiger partial charge in [-0.3, -0.25) is 0 Å². The van der Waals surface area contributed by atoms with Gasteiger partial charge in [-0.25, -0.2) is 0 Å². The van der Waals surface area contributed by atoms with E-state index in [1.54, 1.807) is 6.07 Å². The molecule has 0 N–H and O–H groups in total. The van der Waals surface area contributed by atoms with Gasteiger partial charge in [-0.2, -0.15) is 0 Å². The zero-order chi connectivity index (χ0) is 9.14. The number of ether oxygens (including phenoxy) is 1. The number of carboxylic acid groups (broad SMARTS) is 1. The number of carboxylic acids is 1. The van der Waals surface area contributed by atoms with Crippen LogP contribution >= 0.6 is 22.6 Å². The Labute approximate surface area is 83.5 Å². The minimum absolute atomic E-state index is 0.167. The van der Waals surface area contributed by atoms with E-state index in [4.69, 9.17) is 4.74 Å². The van der Waals surface area contributed by atoms with Gasteiger partial charge in [0.1, 0.15) is 5.75 Å². The Hall–Kier alpha value is -0.780. The molecular formula is C8H6IO3-. The molecule has 0 saturated heterocycles. The molecular weight excluding hydrogens is 271 g/mol. The van der Waals surface area contributed by atoms with Crippen LogP contribution in [0, 0.1) is 3.57 Å². The van der Waals surface area contributed by atoms with Crippen molar-refractivity contribution in [3.05, 3.63) is 27.3 Å². The molecule has 64 valence electrons. The second-order valence-corrected chi connectivity index (χ2v) is 3.30. The first-order chi connectivity index (χ1) is 5.65. The molecule has 0 aliphatic heterocycles. The largest absolute Gasteiger partial charge is 0.545 e. The van der Waals surface area contributed by atoms with Crippen molar-refractivity contribution in [1.82, 2.24) is 0 Å². The molecule has 0 saturated carbocycles. The van der Waals surface area contributed by atoms with E-state index >= 15 is 0 Å². The minimum Gasteiger partial charge on any atom is -0.545 e. The number of methoxy groups -OCH3 is 1. The molecule has 0 aliphatic rings. The van der Waals surface area contributed by atoms with Gasteiger partial charge in [0, 0.05) is 0 Å². The van der Waals surface area contributed by atoms with Crippen molar-refractivity contribution in [2.24, 2.45) is 0 Å². The monoisotopic (exact) mass is 277 g/mol. The number of benzene rings is 1. The van der Waals surface area contributed by atoms with Crippen LogP contribution < -0.4 is 9.84 Å². The number of halogens is 1. The molecule has 1 aromatic carbocycles. The summed E-state index contributed by atoms with van der Waals surface area (Å²) in [7, 11) is 1.54. The van der Waals surface area contributed by atoms with Crippen LogP contribution in [0.4, 0.5) is 0 Å². The van der Waals surface area contributed by atoms with E-state index < -0.39 is 5.97 Å². The first-order valence-electron chi connectivity index (χ1n) is 3.20. The summed E-state index contributed by atoms with van der Waals surface area (Å²) in [6, 6.07) is 4.57. The highest BCUT2D eigenvalue weighted by Gasteiger charge is 2.00. The third-order valence-corrected chi connectivity index (χ3v) is 2.23. The molecule has 12 heavy (non-hydrogen) atoms. The Bertz CT molecular complexity index is 309. The van der Waals surface area contributed by atoms with Crippen molar-refractivity contribution in [3.8, 4) is 5.75 Å². The molecule has 0 unspecified atom stereocenters. The Kier molecular flexibility index (Phi) is 2.91. The van der Waals surface area contributed by atoms with E-state index in [1.807, 2.05) is 22.6 Å². The molecule has 3 nitrogen and oxygen atoms in total. The average molecular weight is 277 g/mol. The van der Waals surface area contributed by atoms with Gasteiger partial charge in [0.05, 0.1) is 16.6 Å². The number of hydrogen-bond acceptors (Lipinski definition) is 3. The summed E-state index contributed by atoms with van der Waals surface area (Å²) in [5, 5.41) is 10.4. The second kappa shape index (κ2) is 3.75. The molecule has 0 aliphatic carbocycles. The molecule has 0 aromatic heterocycles. The highest BCUT2D eigenvalue weighted by atomic mass is 127. The minimum atomic E-state index is -1.17. The quantitative estimate of drug-likeness (QED) is 0.746. The fraction of sp³-hybridized carbons (Fsp3) is 0.125. The van der Waals surface area contributed by atoms with Gasteiger partial charge in [-0.15, -0.1) is 0 Å². The summed E-state index contributed by atoms with van der Waals surface area (Å²) in [6.07, 6.45) is 0. The van der Waals surface area contributed by atoms with Crippen molar-refractivity contribution in [3.63, 3.8) is 0 Å². The third-order valence-electron chi connectivity index (χ3n) is 1.39. The lowest BCUT2D eigenvalue weighted by Crippen LogP contribution is -2.22. The van der Waals surface area contributed by atoms with Crippen molar-refractivity contribution in [2.75, 3.05) is 7.11 Å². The zero-order valence-corrected chi connectivity index (χ0v) is 8.49. The smallest absolute Gasteiger partial charge is 0.132 e. The highest BCUT2D eigenvalue weighted by Crippen LogP contribution is 2.20. The maximum absolute atomic E-state index is 10.4. The van der Waals surface area contributed by atoms with Crippen molar-refractivity contribution < 1.29 is 14.6 Å². The predicted octanol–water partition coefficient (Wildman–Crippen LogP) is 0.663. The summed E-state index contributed by atoms with van der Waals surface area (Å²) >= 11 is 2.00. The van der Waals surface area contributed by atoms with Gasteiger partial charge in [-0.1, -0.05) is 0 Å². The Balaban J connectivity index is 3.10. The SMILES string of the molecule is COc1ccc(C(=O)[O-])cc1I. The van der Waals surface area contributed by atoms with Crippen LogP contribution in [0.15, 0.2) is 18.2 Å². The summed E-state index contributed by atoms with van der Waals surface area (Å²) in [6.45, 7) is 0. The third kappa shape index (κ3) is 1.88. The lowest BCUT2D eigenvalue weighted by molar-refractivity contribution is -0.255. The fourth-order valence-electron chi connectivity index (χ4n) is 0.793. The maximum Gasteiger partial charge on any atom is 0.132 e. The van der Waals surface area contributed by atoms with Gasteiger partial charge in [0.25, 0.3) is 0 Å². The molecule has 0 fully saturated rings. The second-order valence-electron chi connectivity index (χ2n) is 2.14. The van der Waals surface area contributed by atoms with E-state index in [0.717, 1.165) is 3.57 Å². The van der Waals surface area contributed by atoms with E-state index in [1.165, 1.54) is 19.2 Å². The van der Waals surface area contributed by atoms with Crippen LogP contribution in [0.25, 0.3) is 0 Å². The van der Waals surface area contributed by atoms with Crippen LogP contribution in [-0.2, 0) is 0 Å². The van der Waals surface area contributed by atoms with Gasteiger partial charge in [0.2, 0.25) is 0 Å². The summed E-state index contributed by atoms with van der Waals surface area (Å²) in [4.78, 5) is 10.4.